The quantitative estimate of drug-likeness (QED) is 0.669. The van der Waals surface area contributed by atoms with Crippen LogP contribution in [0.3, 0.4) is 0 Å². The number of nitro groups is 1. The Morgan fingerprint density at radius 2 is 1.90 bits per heavy atom. The number of para-hydroxylation sites is 1. The van der Waals surface area contributed by atoms with Crippen LogP contribution < -0.4 is 5.32 Å². The summed E-state index contributed by atoms with van der Waals surface area (Å²) in [6.45, 7) is 0.485. The maximum atomic E-state index is 13.5. The zero-order valence-corrected chi connectivity index (χ0v) is 11.2. The summed E-state index contributed by atoms with van der Waals surface area (Å²) in [5.41, 5.74) is 1.26. The van der Waals surface area contributed by atoms with E-state index in [0.29, 0.717) is 18.0 Å². The van der Waals surface area contributed by atoms with Gasteiger partial charge in [-0.2, -0.15) is 0 Å². The molecule has 0 aromatic heterocycles. The largest absolute Gasteiger partial charge is 0.381 e. The molecular weight excluding hydrogens is 283 g/mol. The number of rotatable bonds is 5. The summed E-state index contributed by atoms with van der Waals surface area (Å²) in [5.74, 6) is -0.402. The van der Waals surface area contributed by atoms with Crippen LogP contribution in [-0.2, 0) is 6.42 Å². The van der Waals surface area contributed by atoms with Gasteiger partial charge in [-0.3, -0.25) is 10.1 Å². The van der Waals surface area contributed by atoms with Gasteiger partial charge in [-0.1, -0.05) is 29.8 Å². The summed E-state index contributed by atoms with van der Waals surface area (Å²) in [5, 5.41) is 13.8. The molecular formula is C14H12ClFN2O2. The Labute approximate surface area is 120 Å². The number of nitro benzene ring substituents is 1. The van der Waals surface area contributed by atoms with E-state index >= 15 is 0 Å². The van der Waals surface area contributed by atoms with Gasteiger partial charge in [0.2, 0.25) is 0 Å². The van der Waals surface area contributed by atoms with Crippen molar-refractivity contribution in [2.24, 2.45) is 0 Å². The van der Waals surface area contributed by atoms with Crippen molar-refractivity contribution in [2.45, 2.75) is 6.42 Å². The Hall–Kier alpha value is -2.14. The van der Waals surface area contributed by atoms with Crippen LogP contribution in [0.15, 0.2) is 42.5 Å². The van der Waals surface area contributed by atoms with Crippen molar-refractivity contribution in [3.05, 3.63) is 69.0 Å². The van der Waals surface area contributed by atoms with Gasteiger partial charge in [0.05, 0.1) is 15.6 Å². The van der Waals surface area contributed by atoms with E-state index in [0.717, 1.165) is 5.56 Å². The zero-order chi connectivity index (χ0) is 14.5. The van der Waals surface area contributed by atoms with E-state index in [1.807, 2.05) is 0 Å². The number of hydrogen-bond donors (Lipinski definition) is 1. The average molecular weight is 295 g/mol. The smallest absolute Gasteiger partial charge is 0.269 e. The molecule has 0 aliphatic heterocycles. The number of hydrogen-bond acceptors (Lipinski definition) is 3. The summed E-state index contributed by atoms with van der Waals surface area (Å²) in [6, 6.07) is 10.8. The number of non-ortho nitro benzene ring substituents is 1. The Kier molecular flexibility index (Phi) is 4.53. The van der Waals surface area contributed by atoms with Gasteiger partial charge in [0.1, 0.15) is 5.82 Å². The van der Waals surface area contributed by atoms with Crippen LogP contribution in [0.25, 0.3) is 0 Å². The van der Waals surface area contributed by atoms with Crippen molar-refractivity contribution < 1.29 is 9.31 Å². The molecule has 0 unspecified atom stereocenters. The average Bonchev–Trinajstić information content (AvgIpc) is 2.42. The highest BCUT2D eigenvalue weighted by molar-refractivity contribution is 6.33. The first kappa shape index (κ1) is 14.3. The lowest BCUT2D eigenvalue weighted by Gasteiger charge is -2.09. The second kappa shape index (κ2) is 6.34. The van der Waals surface area contributed by atoms with Crippen LogP contribution in [0.5, 0.6) is 0 Å². The minimum absolute atomic E-state index is 0.0545. The molecule has 2 aromatic carbocycles. The molecule has 0 saturated carbocycles. The number of halogens is 2. The van der Waals surface area contributed by atoms with Gasteiger partial charge in [-0.05, 0) is 24.1 Å². The molecule has 0 aliphatic carbocycles. The summed E-state index contributed by atoms with van der Waals surface area (Å²) in [4.78, 5) is 10.1. The van der Waals surface area contributed by atoms with E-state index in [1.54, 1.807) is 24.3 Å². The van der Waals surface area contributed by atoms with Gasteiger partial charge in [0.25, 0.3) is 5.69 Å². The summed E-state index contributed by atoms with van der Waals surface area (Å²) < 4.78 is 13.5. The fraction of sp³-hybridized carbons (Fsp3) is 0.143. The van der Waals surface area contributed by atoms with Crippen molar-refractivity contribution in [3.8, 4) is 0 Å². The molecule has 0 saturated heterocycles. The molecule has 0 aliphatic rings. The van der Waals surface area contributed by atoms with E-state index < -0.39 is 10.7 Å². The van der Waals surface area contributed by atoms with Gasteiger partial charge in [0, 0.05) is 18.7 Å². The van der Waals surface area contributed by atoms with Crippen LogP contribution in [-0.4, -0.2) is 11.5 Å². The Balaban J connectivity index is 1.94. The third-order valence-electron chi connectivity index (χ3n) is 2.83. The number of nitrogens with one attached hydrogen (secondary N) is 1. The monoisotopic (exact) mass is 294 g/mol. The lowest BCUT2D eigenvalue weighted by atomic mass is 10.1. The van der Waals surface area contributed by atoms with E-state index in [-0.39, 0.29) is 11.4 Å². The van der Waals surface area contributed by atoms with Crippen LogP contribution in [0, 0.1) is 15.9 Å². The first-order chi connectivity index (χ1) is 9.58. The van der Waals surface area contributed by atoms with Crippen LogP contribution >= 0.6 is 11.6 Å². The molecule has 0 radical (unpaired) electrons. The maximum absolute atomic E-state index is 13.5. The molecule has 2 rings (SSSR count). The van der Waals surface area contributed by atoms with Gasteiger partial charge >= 0.3 is 0 Å². The Morgan fingerprint density at radius 1 is 1.20 bits per heavy atom. The van der Waals surface area contributed by atoms with Crippen molar-refractivity contribution in [3.63, 3.8) is 0 Å². The summed E-state index contributed by atoms with van der Waals surface area (Å²) in [6.07, 6.45) is 0.614. The molecule has 20 heavy (non-hydrogen) atoms. The second-order valence-corrected chi connectivity index (χ2v) is 4.60. The zero-order valence-electron chi connectivity index (χ0n) is 10.5. The molecule has 0 heterocycles. The van der Waals surface area contributed by atoms with Gasteiger partial charge < -0.3 is 5.32 Å². The third-order valence-corrected chi connectivity index (χ3v) is 3.14. The van der Waals surface area contributed by atoms with E-state index in [1.165, 1.54) is 18.2 Å². The molecule has 6 heteroatoms. The third kappa shape index (κ3) is 3.45. The second-order valence-electron chi connectivity index (χ2n) is 4.20. The molecule has 0 spiro atoms. The van der Waals surface area contributed by atoms with Crippen LogP contribution in [0.1, 0.15) is 5.56 Å². The highest BCUT2D eigenvalue weighted by Crippen LogP contribution is 2.24. The molecule has 0 amide bonds. The minimum Gasteiger partial charge on any atom is -0.381 e. The lowest BCUT2D eigenvalue weighted by Crippen LogP contribution is -2.06. The molecule has 1 N–H and O–H groups in total. The number of benzene rings is 2. The lowest BCUT2D eigenvalue weighted by molar-refractivity contribution is -0.384. The Bertz CT molecular complexity index is 597. The number of anilines is 1. The Morgan fingerprint density at radius 3 is 2.50 bits per heavy atom. The van der Waals surface area contributed by atoms with Gasteiger partial charge in [-0.25, -0.2) is 4.39 Å². The van der Waals surface area contributed by atoms with Gasteiger partial charge in [-0.15, -0.1) is 0 Å². The normalized spacial score (nSPS) is 10.3. The van der Waals surface area contributed by atoms with E-state index in [4.69, 9.17) is 11.6 Å². The van der Waals surface area contributed by atoms with Crippen molar-refractivity contribution in [1.82, 2.24) is 0 Å². The predicted molar refractivity (Wildman–Crippen MR) is 76.7 cm³/mol. The highest BCUT2D eigenvalue weighted by Gasteiger charge is 2.06. The first-order valence-electron chi connectivity index (χ1n) is 5.99. The minimum atomic E-state index is -0.443. The maximum Gasteiger partial charge on any atom is 0.269 e. The standard InChI is InChI=1S/C14H12ClFN2O2/c15-12-2-1-3-13(16)14(12)17-9-8-10-4-6-11(7-5-10)18(19)20/h1-7,17H,8-9H2. The first-order valence-corrected chi connectivity index (χ1v) is 6.37. The van der Waals surface area contributed by atoms with Crippen molar-refractivity contribution in [1.29, 1.82) is 0 Å². The van der Waals surface area contributed by atoms with Crippen molar-refractivity contribution in [2.75, 3.05) is 11.9 Å². The van der Waals surface area contributed by atoms with E-state index in [2.05, 4.69) is 5.32 Å². The summed E-state index contributed by atoms with van der Waals surface area (Å²) >= 11 is 5.89. The summed E-state index contributed by atoms with van der Waals surface area (Å²) in [7, 11) is 0. The molecule has 4 nitrogen and oxygen atoms in total. The highest BCUT2D eigenvalue weighted by atomic mass is 35.5. The van der Waals surface area contributed by atoms with E-state index in [9.17, 15) is 14.5 Å². The van der Waals surface area contributed by atoms with Gasteiger partial charge in [0.15, 0.2) is 0 Å². The molecule has 0 fully saturated rings. The molecule has 104 valence electrons. The predicted octanol–water partition coefficient (Wildman–Crippen LogP) is 4.04. The van der Waals surface area contributed by atoms with Crippen molar-refractivity contribution >= 4 is 23.0 Å². The molecule has 2 aromatic rings. The fourth-order valence-electron chi connectivity index (χ4n) is 1.78. The molecule has 0 bridgehead atoms. The van der Waals surface area contributed by atoms with Crippen LogP contribution in [0.4, 0.5) is 15.8 Å². The number of nitrogens with zero attached hydrogens (tertiary/aromatic N) is 1. The SMILES string of the molecule is O=[N+]([O-])c1ccc(CCNc2c(F)cccc2Cl)cc1. The topological polar surface area (TPSA) is 55.2 Å². The molecule has 0 atom stereocenters. The van der Waals surface area contributed by atoms with Crippen LogP contribution in [0.2, 0.25) is 5.02 Å². The fourth-order valence-corrected chi connectivity index (χ4v) is 2.01.